The SMILES string of the molecule is CCC/C=C/CCCCCCCC/C=C/[C@@H](O)[C@H](COP(=O)([O-])OCC[N+](C)(C)C)NC(=O)CCCCCCCCCCCCCCCCCCCCCCC. The van der Waals surface area contributed by atoms with Crippen molar-refractivity contribution in [2.24, 2.45) is 0 Å². The lowest BCUT2D eigenvalue weighted by Gasteiger charge is -2.29. The van der Waals surface area contributed by atoms with Gasteiger partial charge in [0, 0.05) is 6.42 Å². The van der Waals surface area contributed by atoms with Crippen molar-refractivity contribution in [3.8, 4) is 0 Å². The zero-order valence-corrected chi connectivity index (χ0v) is 38.5. The number of aliphatic hydroxyl groups is 1. The number of phosphoric ester groups is 1. The molecule has 0 bridgehead atoms. The number of nitrogens with one attached hydrogen (secondary N) is 1. The molecule has 8 nitrogen and oxygen atoms in total. The molecule has 0 aliphatic carbocycles. The lowest BCUT2D eigenvalue weighted by atomic mass is 10.0. The molecule has 0 aromatic carbocycles. The standard InChI is InChI=1S/C47H93N2O6P/c1-6-8-10-12-14-16-18-20-21-22-23-24-25-26-27-29-31-33-35-37-39-41-47(51)48-45(44-55-56(52,53)54-43-42-49(3,4)5)46(50)40-38-36-34-32-30-28-19-17-15-13-11-9-7-2/h11,13,38,40,45-46,50H,6-10,12,14-37,39,41-44H2,1-5H3,(H-,48,51,52,53)/b13-11+,40-38+/t45-,46+/m0/s1. The van der Waals surface area contributed by atoms with Crippen molar-refractivity contribution in [1.29, 1.82) is 0 Å². The van der Waals surface area contributed by atoms with Gasteiger partial charge in [0.1, 0.15) is 13.2 Å². The molecule has 56 heavy (non-hydrogen) atoms. The minimum atomic E-state index is -4.59. The van der Waals surface area contributed by atoms with E-state index in [9.17, 15) is 19.4 Å². The van der Waals surface area contributed by atoms with Crippen LogP contribution in [0.15, 0.2) is 24.3 Å². The van der Waals surface area contributed by atoms with Crippen LogP contribution in [-0.2, 0) is 18.4 Å². The van der Waals surface area contributed by atoms with Crippen LogP contribution in [0.4, 0.5) is 0 Å². The zero-order valence-electron chi connectivity index (χ0n) is 37.6. The van der Waals surface area contributed by atoms with E-state index in [0.717, 1.165) is 38.5 Å². The highest BCUT2D eigenvalue weighted by atomic mass is 31.2. The summed E-state index contributed by atoms with van der Waals surface area (Å²) in [5, 5.41) is 13.8. The molecule has 0 saturated carbocycles. The van der Waals surface area contributed by atoms with Gasteiger partial charge >= 0.3 is 0 Å². The Balaban J connectivity index is 4.28. The number of phosphoric acid groups is 1. The second-order valence-corrected chi connectivity index (χ2v) is 18.9. The maximum absolute atomic E-state index is 12.9. The Morgan fingerprint density at radius 3 is 1.46 bits per heavy atom. The fourth-order valence-electron chi connectivity index (χ4n) is 6.86. The average molecular weight is 813 g/mol. The second kappa shape index (κ2) is 39.4. The molecule has 0 fully saturated rings. The van der Waals surface area contributed by atoms with E-state index < -0.39 is 20.0 Å². The number of likely N-dealkylation sites (N-methyl/N-ethyl adjacent to an activating group) is 1. The van der Waals surface area contributed by atoms with Crippen LogP contribution in [0.3, 0.4) is 0 Å². The van der Waals surface area contributed by atoms with Crippen LogP contribution in [-0.4, -0.2) is 68.5 Å². The van der Waals surface area contributed by atoms with Crippen LogP contribution >= 0.6 is 7.82 Å². The smallest absolute Gasteiger partial charge is 0.268 e. The molecule has 0 heterocycles. The Morgan fingerprint density at radius 1 is 0.607 bits per heavy atom. The molecule has 0 aromatic rings. The number of hydrogen-bond donors (Lipinski definition) is 2. The van der Waals surface area contributed by atoms with Crippen LogP contribution in [0.1, 0.15) is 219 Å². The molecule has 0 rings (SSSR count). The number of allylic oxidation sites excluding steroid dienone is 3. The lowest BCUT2D eigenvalue weighted by molar-refractivity contribution is -0.870. The third kappa shape index (κ3) is 41.2. The first kappa shape index (κ1) is 55.0. The van der Waals surface area contributed by atoms with Crippen molar-refractivity contribution in [3.63, 3.8) is 0 Å². The second-order valence-electron chi connectivity index (χ2n) is 17.5. The van der Waals surface area contributed by atoms with E-state index in [1.165, 1.54) is 161 Å². The molecule has 0 saturated heterocycles. The van der Waals surface area contributed by atoms with Gasteiger partial charge in [0.2, 0.25) is 5.91 Å². The number of carbonyl (C=O) groups is 1. The predicted octanol–water partition coefficient (Wildman–Crippen LogP) is 12.7. The highest BCUT2D eigenvalue weighted by Gasteiger charge is 2.23. The van der Waals surface area contributed by atoms with Crippen molar-refractivity contribution in [2.45, 2.75) is 231 Å². The molecular formula is C47H93N2O6P. The molecule has 2 N–H and O–H groups in total. The van der Waals surface area contributed by atoms with Crippen molar-refractivity contribution >= 4 is 13.7 Å². The Bertz CT molecular complexity index is 969. The quantitative estimate of drug-likeness (QED) is 0.0275. The molecule has 1 unspecified atom stereocenters. The van der Waals surface area contributed by atoms with Crippen LogP contribution in [0.5, 0.6) is 0 Å². The number of aliphatic hydroxyl groups excluding tert-OH is 1. The van der Waals surface area contributed by atoms with Crippen LogP contribution in [0.2, 0.25) is 0 Å². The van der Waals surface area contributed by atoms with Crippen LogP contribution in [0.25, 0.3) is 0 Å². The summed E-state index contributed by atoms with van der Waals surface area (Å²) in [7, 11) is 1.26. The van der Waals surface area contributed by atoms with Crippen molar-refractivity contribution in [1.82, 2.24) is 5.32 Å². The molecular weight excluding hydrogens is 719 g/mol. The third-order valence-electron chi connectivity index (χ3n) is 10.6. The Morgan fingerprint density at radius 2 is 1.02 bits per heavy atom. The maximum atomic E-state index is 12.9. The number of rotatable bonds is 43. The maximum Gasteiger partial charge on any atom is 0.268 e. The van der Waals surface area contributed by atoms with Gasteiger partial charge in [-0.3, -0.25) is 9.36 Å². The lowest BCUT2D eigenvalue weighted by Crippen LogP contribution is -2.45. The fraction of sp³-hybridized carbons (Fsp3) is 0.894. The Hall–Kier alpha value is -1.02. The highest BCUT2D eigenvalue weighted by Crippen LogP contribution is 2.38. The van der Waals surface area contributed by atoms with Gasteiger partial charge in [-0.2, -0.15) is 0 Å². The topological polar surface area (TPSA) is 108 Å². The summed E-state index contributed by atoms with van der Waals surface area (Å²) >= 11 is 0. The van der Waals surface area contributed by atoms with E-state index in [-0.39, 0.29) is 19.1 Å². The van der Waals surface area contributed by atoms with E-state index in [1.807, 2.05) is 27.2 Å². The van der Waals surface area contributed by atoms with E-state index in [2.05, 4.69) is 31.3 Å². The highest BCUT2D eigenvalue weighted by molar-refractivity contribution is 7.45. The third-order valence-corrected chi connectivity index (χ3v) is 11.6. The van der Waals surface area contributed by atoms with Gasteiger partial charge in [-0.15, -0.1) is 0 Å². The molecule has 0 aromatic heterocycles. The van der Waals surface area contributed by atoms with Gasteiger partial charge in [0.15, 0.2) is 0 Å². The first-order valence-corrected chi connectivity index (χ1v) is 25.2. The van der Waals surface area contributed by atoms with E-state index >= 15 is 0 Å². The number of hydrogen-bond acceptors (Lipinski definition) is 6. The summed E-state index contributed by atoms with van der Waals surface area (Å²) in [4.78, 5) is 25.3. The summed E-state index contributed by atoms with van der Waals surface area (Å²) in [5.41, 5.74) is 0. The summed E-state index contributed by atoms with van der Waals surface area (Å²) in [6.45, 7) is 4.60. The van der Waals surface area contributed by atoms with Gasteiger partial charge in [0.25, 0.3) is 7.82 Å². The van der Waals surface area contributed by atoms with Gasteiger partial charge in [-0.1, -0.05) is 199 Å². The Kier molecular flexibility index (Phi) is 38.7. The van der Waals surface area contributed by atoms with Gasteiger partial charge in [-0.05, 0) is 38.5 Å². The molecule has 9 heteroatoms. The first-order valence-electron chi connectivity index (χ1n) is 23.7. The molecule has 1 amide bonds. The Labute approximate surface area is 347 Å². The van der Waals surface area contributed by atoms with E-state index in [0.29, 0.717) is 17.4 Å². The fourth-order valence-corrected chi connectivity index (χ4v) is 7.58. The van der Waals surface area contributed by atoms with Crippen LogP contribution < -0.4 is 10.2 Å². The number of amides is 1. The molecule has 332 valence electrons. The zero-order chi connectivity index (χ0) is 41.4. The monoisotopic (exact) mass is 813 g/mol. The minimum Gasteiger partial charge on any atom is -0.756 e. The van der Waals surface area contributed by atoms with Crippen molar-refractivity contribution < 1.29 is 32.9 Å². The van der Waals surface area contributed by atoms with Crippen molar-refractivity contribution in [3.05, 3.63) is 24.3 Å². The largest absolute Gasteiger partial charge is 0.756 e. The van der Waals surface area contributed by atoms with Crippen LogP contribution in [0, 0.1) is 0 Å². The number of quaternary nitrogens is 1. The van der Waals surface area contributed by atoms with Crippen molar-refractivity contribution in [2.75, 3.05) is 40.9 Å². The molecule has 3 atom stereocenters. The van der Waals surface area contributed by atoms with E-state index in [1.54, 1.807) is 6.08 Å². The summed E-state index contributed by atoms with van der Waals surface area (Å²) in [6, 6.07) is -0.885. The molecule has 0 radical (unpaired) electrons. The minimum absolute atomic E-state index is 0.000752. The molecule has 0 aliphatic rings. The van der Waals surface area contributed by atoms with E-state index in [4.69, 9.17) is 9.05 Å². The van der Waals surface area contributed by atoms with Gasteiger partial charge in [-0.25, -0.2) is 0 Å². The molecule has 0 aliphatic heterocycles. The predicted molar refractivity (Wildman–Crippen MR) is 238 cm³/mol. The molecule has 0 spiro atoms. The summed E-state index contributed by atoms with van der Waals surface area (Å²) in [6.07, 6.45) is 46.6. The number of carbonyl (C=O) groups excluding carboxylic acids is 1. The summed E-state index contributed by atoms with van der Waals surface area (Å²) < 4.78 is 23.2. The number of unbranched alkanes of at least 4 members (excludes halogenated alkanes) is 28. The summed E-state index contributed by atoms with van der Waals surface area (Å²) in [5.74, 6) is -0.198. The first-order chi connectivity index (χ1) is 27.0. The average Bonchev–Trinajstić information content (AvgIpc) is 3.15. The number of nitrogens with zero attached hydrogens (tertiary/aromatic N) is 1. The van der Waals surface area contributed by atoms with Gasteiger partial charge < -0.3 is 28.8 Å². The van der Waals surface area contributed by atoms with Gasteiger partial charge in [0.05, 0.1) is 39.9 Å². The normalized spacial score (nSPS) is 14.5.